The third-order valence-electron chi connectivity index (χ3n) is 5.07. The standard InChI is InChI=1S/C19H28N4O2.ClH/c24-18(21-13-15-6-4-10-20-12-15)16-7-5-11-23(14-16)19(25)22-17-8-2-1-3-9-17;/h1-3,8-9,15-16,20H,4-7,10-14H2,(H,21,24)(H,22,25);1H. The summed E-state index contributed by atoms with van der Waals surface area (Å²) in [6, 6.07) is 9.30. The van der Waals surface area contributed by atoms with Gasteiger partial charge in [0.05, 0.1) is 5.92 Å². The summed E-state index contributed by atoms with van der Waals surface area (Å²) in [6.07, 6.45) is 4.07. The van der Waals surface area contributed by atoms with E-state index < -0.39 is 0 Å². The third-order valence-corrected chi connectivity index (χ3v) is 5.07. The normalized spacial score (nSPS) is 22.8. The number of rotatable bonds is 4. The summed E-state index contributed by atoms with van der Waals surface area (Å²) in [7, 11) is 0. The number of carbonyl (C=O) groups is 2. The molecule has 0 saturated carbocycles. The highest BCUT2D eigenvalue weighted by molar-refractivity contribution is 5.90. The smallest absolute Gasteiger partial charge is 0.321 e. The van der Waals surface area contributed by atoms with Crippen LogP contribution in [0.5, 0.6) is 0 Å². The predicted molar refractivity (Wildman–Crippen MR) is 106 cm³/mol. The number of para-hydroxylation sites is 1. The summed E-state index contributed by atoms with van der Waals surface area (Å²) in [5, 5.41) is 9.37. The minimum absolute atomic E-state index is 0. The van der Waals surface area contributed by atoms with E-state index in [9.17, 15) is 9.59 Å². The van der Waals surface area contributed by atoms with Crippen molar-refractivity contribution in [3.63, 3.8) is 0 Å². The van der Waals surface area contributed by atoms with Gasteiger partial charge in [-0.25, -0.2) is 4.79 Å². The van der Waals surface area contributed by atoms with Gasteiger partial charge in [-0.2, -0.15) is 0 Å². The van der Waals surface area contributed by atoms with Crippen molar-refractivity contribution >= 4 is 30.0 Å². The fraction of sp³-hybridized carbons (Fsp3) is 0.579. The Morgan fingerprint density at radius 1 is 1.15 bits per heavy atom. The molecule has 2 saturated heterocycles. The molecule has 1 aromatic carbocycles. The molecule has 26 heavy (non-hydrogen) atoms. The second-order valence-corrected chi connectivity index (χ2v) is 7.04. The summed E-state index contributed by atoms with van der Waals surface area (Å²) in [5.74, 6) is 0.508. The number of benzene rings is 1. The number of likely N-dealkylation sites (tertiary alicyclic amines) is 1. The number of nitrogens with one attached hydrogen (secondary N) is 3. The molecule has 0 aliphatic carbocycles. The quantitative estimate of drug-likeness (QED) is 0.751. The van der Waals surface area contributed by atoms with Gasteiger partial charge in [-0.3, -0.25) is 4.79 Å². The second-order valence-electron chi connectivity index (χ2n) is 7.04. The van der Waals surface area contributed by atoms with E-state index in [1.165, 1.54) is 12.8 Å². The lowest BCUT2D eigenvalue weighted by molar-refractivity contribution is -0.126. The molecular formula is C19H29ClN4O2. The first-order valence-electron chi connectivity index (χ1n) is 9.32. The number of halogens is 1. The van der Waals surface area contributed by atoms with E-state index in [1.54, 1.807) is 4.90 Å². The first-order valence-corrected chi connectivity index (χ1v) is 9.32. The van der Waals surface area contributed by atoms with Crippen LogP contribution in [0.25, 0.3) is 0 Å². The SMILES string of the molecule is Cl.O=C(NCC1CCCNC1)C1CCCN(C(=O)Nc2ccccc2)C1. The molecule has 2 aliphatic heterocycles. The number of anilines is 1. The van der Waals surface area contributed by atoms with Crippen LogP contribution in [0.2, 0.25) is 0 Å². The Morgan fingerprint density at radius 3 is 2.69 bits per heavy atom. The van der Waals surface area contributed by atoms with Crippen LogP contribution in [-0.2, 0) is 4.79 Å². The number of hydrogen-bond donors (Lipinski definition) is 3. The summed E-state index contributed by atoms with van der Waals surface area (Å²) in [4.78, 5) is 26.6. The molecule has 2 heterocycles. The van der Waals surface area contributed by atoms with Gasteiger partial charge in [-0.1, -0.05) is 18.2 Å². The highest BCUT2D eigenvalue weighted by Gasteiger charge is 2.28. The van der Waals surface area contributed by atoms with Crippen LogP contribution < -0.4 is 16.0 Å². The van der Waals surface area contributed by atoms with E-state index in [0.717, 1.165) is 38.2 Å². The van der Waals surface area contributed by atoms with E-state index in [4.69, 9.17) is 0 Å². The Hall–Kier alpha value is -1.79. The van der Waals surface area contributed by atoms with Gasteiger partial charge in [-0.15, -0.1) is 12.4 Å². The van der Waals surface area contributed by atoms with Crippen LogP contribution >= 0.6 is 12.4 Å². The maximum absolute atomic E-state index is 12.5. The molecule has 2 unspecified atom stereocenters. The molecule has 6 nitrogen and oxygen atoms in total. The predicted octanol–water partition coefficient (Wildman–Crippen LogP) is 2.47. The Kier molecular flexibility index (Phi) is 8.19. The van der Waals surface area contributed by atoms with Crippen molar-refractivity contribution in [3.8, 4) is 0 Å². The molecule has 0 bridgehead atoms. The zero-order valence-corrected chi connectivity index (χ0v) is 15.9. The number of carbonyl (C=O) groups excluding carboxylic acids is 2. The number of hydrogen-bond acceptors (Lipinski definition) is 3. The molecule has 144 valence electrons. The van der Waals surface area contributed by atoms with Gasteiger partial charge in [0.2, 0.25) is 5.91 Å². The van der Waals surface area contributed by atoms with E-state index >= 15 is 0 Å². The van der Waals surface area contributed by atoms with Crippen molar-refractivity contribution in [2.24, 2.45) is 11.8 Å². The van der Waals surface area contributed by atoms with Crippen LogP contribution in [0.15, 0.2) is 30.3 Å². The maximum atomic E-state index is 12.5. The zero-order valence-electron chi connectivity index (χ0n) is 15.1. The fourth-order valence-corrected chi connectivity index (χ4v) is 3.59. The number of urea groups is 1. The van der Waals surface area contributed by atoms with Gasteiger partial charge in [0.1, 0.15) is 0 Å². The molecule has 1 aromatic rings. The Morgan fingerprint density at radius 2 is 1.96 bits per heavy atom. The van der Waals surface area contributed by atoms with Crippen molar-refractivity contribution < 1.29 is 9.59 Å². The summed E-state index contributed by atoms with van der Waals surface area (Å²) >= 11 is 0. The molecule has 3 rings (SSSR count). The average Bonchev–Trinajstić information content (AvgIpc) is 2.68. The van der Waals surface area contributed by atoms with Gasteiger partial charge in [0.25, 0.3) is 0 Å². The van der Waals surface area contributed by atoms with Crippen LogP contribution in [0.3, 0.4) is 0 Å². The molecule has 2 fully saturated rings. The van der Waals surface area contributed by atoms with Crippen LogP contribution in [0.4, 0.5) is 10.5 Å². The largest absolute Gasteiger partial charge is 0.355 e. The molecule has 0 aromatic heterocycles. The minimum atomic E-state index is -0.125. The van der Waals surface area contributed by atoms with Crippen molar-refractivity contribution in [1.29, 1.82) is 0 Å². The van der Waals surface area contributed by atoms with Gasteiger partial charge < -0.3 is 20.9 Å². The maximum Gasteiger partial charge on any atom is 0.321 e. The highest BCUT2D eigenvalue weighted by Crippen LogP contribution is 2.18. The first-order chi connectivity index (χ1) is 12.2. The average molecular weight is 381 g/mol. The molecule has 0 spiro atoms. The molecule has 2 aliphatic rings. The summed E-state index contributed by atoms with van der Waals surface area (Å²) in [5.41, 5.74) is 0.781. The Labute approximate surface area is 161 Å². The van der Waals surface area contributed by atoms with E-state index in [-0.39, 0.29) is 30.3 Å². The Balaban J connectivity index is 0.00000243. The van der Waals surface area contributed by atoms with Crippen LogP contribution in [-0.4, -0.2) is 49.6 Å². The first kappa shape index (κ1) is 20.5. The number of nitrogens with zero attached hydrogens (tertiary/aromatic N) is 1. The molecule has 3 amide bonds. The second kappa shape index (κ2) is 10.4. The molecule has 2 atom stereocenters. The fourth-order valence-electron chi connectivity index (χ4n) is 3.59. The van der Waals surface area contributed by atoms with Crippen molar-refractivity contribution in [1.82, 2.24) is 15.5 Å². The van der Waals surface area contributed by atoms with Crippen LogP contribution in [0, 0.1) is 11.8 Å². The highest BCUT2D eigenvalue weighted by atomic mass is 35.5. The van der Waals surface area contributed by atoms with Gasteiger partial charge >= 0.3 is 6.03 Å². The number of amides is 3. The van der Waals surface area contributed by atoms with Crippen molar-refractivity contribution in [3.05, 3.63) is 30.3 Å². The van der Waals surface area contributed by atoms with Crippen molar-refractivity contribution in [2.45, 2.75) is 25.7 Å². The minimum Gasteiger partial charge on any atom is -0.355 e. The third kappa shape index (κ3) is 5.88. The summed E-state index contributed by atoms with van der Waals surface area (Å²) < 4.78 is 0. The van der Waals surface area contributed by atoms with E-state index in [2.05, 4.69) is 16.0 Å². The van der Waals surface area contributed by atoms with Gasteiger partial charge in [0, 0.05) is 25.3 Å². The molecule has 3 N–H and O–H groups in total. The topological polar surface area (TPSA) is 73.5 Å². The molecule has 0 radical (unpaired) electrons. The molecule has 7 heteroatoms. The van der Waals surface area contributed by atoms with Crippen molar-refractivity contribution in [2.75, 3.05) is 38.0 Å². The summed E-state index contributed by atoms with van der Waals surface area (Å²) in [6.45, 7) is 4.00. The van der Waals surface area contributed by atoms with Gasteiger partial charge in [-0.05, 0) is 56.8 Å². The number of piperidine rings is 2. The zero-order chi connectivity index (χ0) is 17.5. The van der Waals surface area contributed by atoms with Crippen LogP contribution in [0.1, 0.15) is 25.7 Å². The van der Waals surface area contributed by atoms with E-state index in [1.807, 2.05) is 30.3 Å². The lowest BCUT2D eigenvalue weighted by Gasteiger charge is -2.32. The molecular weight excluding hydrogens is 352 g/mol. The Bertz CT molecular complexity index is 578. The lowest BCUT2D eigenvalue weighted by Crippen LogP contribution is -2.48. The van der Waals surface area contributed by atoms with E-state index in [0.29, 0.717) is 19.0 Å². The van der Waals surface area contributed by atoms with Gasteiger partial charge in [0.15, 0.2) is 0 Å². The lowest BCUT2D eigenvalue weighted by atomic mass is 9.96. The monoisotopic (exact) mass is 380 g/mol.